The largest absolute Gasteiger partial charge is 0.508 e. The molecule has 2 unspecified atom stereocenters. The van der Waals surface area contributed by atoms with Crippen LogP contribution in [0.25, 0.3) is 0 Å². The molecular formula is C53H64N2O7. The van der Waals surface area contributed by atoms with Crippen molar-refractivity contribution in [1.82, 2.24) is 0 Å². The van der Waals surface area contributed by atoms with Gasteiger partial charge in [-0.25, -0.2) is 0 Å². The number of phenolic OH excluding ortho intramolecular Hbond substituents is 2. The molecule has 4 N–H and O–H groups in total. The van der Waals surface area contributed by atoms with Crippen LogP contribution < -0.4 is 19.3 Å². The van der Waals surface area contributed by atoms with Crippen molar-refractivity contribution >= 4 is 17.7 Å². The van der Waals surface area contributed by atoms with E-state index in [0.29, 0.717) is 23.5 Å². The van der Waals surface area contributed by atoms with Crippen molar-refractivity contribution in [3.63, 3.8) is 0 Å². The van der Waals surface area contributed by atoms with Crippen LogP contribution in [0.4, 0.5) is 11.4 Å². The molecule has 2 heterocycles. The van der Waals surface area contributed by atoms with Gasteiger partial charge in [0, 0.05) is 95.9 Å². The maximum atomic E-state index is 11.5. The molecule has 0 amide bonds. The highest BCUT2D eigenvalue weighted by Crippen LogP contribution is 2.51. The summed E-state index contributed by atoms with van der Waals surface area (Å²) in [5.74, 6) is 2.45. The number of hydrogen-bond acceptors (Lipinski definition) is 9. The standard InChI is InChI=1S/C25H25NO4.C24H25NO3.C2H6.2CH4/c1-3-26(4-2)18-9-10-20-23(12-18)30-24-13-22(29)17(15-28)11-21(24)25(20)19-8-6-5-7-16(19)14-27;1-3-25(4-2)17-9-11-20-22(13-17)28-23-14-18(27)10-12-21(23)24(20)19-8-6-5-7-16(19)15-26;1-2;;/h5-13,15,25,27,29H,3-4,14H2,1-2H3;5-14,24,26-27H,3-4,15H2,1-2H3;1-2H3;2*1H4. The number of phenols is 2. The average Bonchev–Trinajstić information content (AvgIpc) is 3.28. The predicted octanol–water partition coefficient (Wildman–Crippen LogP) is 12.1. The van der Waals surface area contributed by atoms with Gasteiger partial charge in [-0.1, -0.05) is 95.4 Å². The fourth-order valence-electron chi connectivity index (χ4n) is 8.29. The Hall–Kier alpha value is -6.29. The summed E-state index contributed by atoms with van der Waals surface area (Å²) in [6, 6.07) is 36.6. The SMILES string of the molecule is C.C.CC.CCN(CC)c1ccc2c(c1)Oc1cc(O)c(C=O)cc1C2c1ccccc1CO.CCN(CC)c1ccc2c(c1)Oc1cc(O)ccc1C2c1ccccc1CO. The van der Waals surface area contributed by atoms with Crippen LogP contribution in [0, 0.1) is 0 Å². The van der Waals surface area contributed by atoms with Gasteiger partial charge >= 0.3 is 0 Å². The number of aldehydes is 1. The Bertz CT molecular complexity index is 2420. The number of aliphatic hydroxyl groups excluding tert-OH is 2. The molecule has 328 valence electrons. The minimum absolute atomic E-state index is 0. The first-order valence-corrected chi connectivity index (χ1v) is 20.9. The number of benzene rings is 6. The molecule has 2 aliphatic rings. The Morgan fingerprint density at radius 2 is 0.919 bits per heavy atom. The summed E-state index contributed by atoms with van der Waals surface area (Å²) in [6.45, 7) is 16.0. The molecule has 6 aromatic rings. The highest BCUT2D eigenvalue weighted by molar-refractivity contribution is 5.81. The van der Waals surface area contributed by atoms with Crippen molar-refractivity contribution in [2.45, 2.75) is 81.4 Å². The topological polar surface area (TPSA) is 123 Å². The second kappa shape index (κ2) is 22.0. The zero-order valence-corrected chi connectivity index (χ0v) is 35.4. The zero-order valence-electron chi connectivity index (χ0n) is 35.4. The van der Waals surface area contributed by atoms with Crippen LogP contribution in [-0.2, 0) is 13.2 Å². The smallest absolute Gasteiger partial charge is 0.153 e. The second-order valence-electron chi connectivity index (χ2n) is 14.4. The van der Waals surface area contributed by atoms with Crippen molar-refractivity contribution in [2.75, 3.05) is 36.0 Å². The third-order valence-electron chi connectivity index (χ3n) is 11.3. The summed E-state index contributed by atoms with van der Waals surface area (Å²) in [7, 11) is 0. The lowest BCUT2D eigenvalue weighted by molar-refractivity contribution is 0.112. The first-order chi connectivity index (χ1) is 29.3. The summed E-state index contributed by atoms with van der Waals surface area (Å²) >= 11 is 0. The normalized spacial score (nSPS) is 13.7. The maximum absolute atomic E-state index is 11.5. The summed E-state index contributed by atoms with van der Waals surface area (Å²) in [6.07, 6.45) is 0.642. The van der Waals surface area contributed by atoms with E-state index in [1.165, 1.54) is 6.07 Å². The molecule has 0 aliphatic carbocycles. The minimum Gasteiger partial charge on any atom is -0.508 e. The van der Waals surface area contributed by atoms with E-state index in [9.17, 15) is 25.2 Å². The summed E-state index contributed by atoms with van der Waals surface area (Å²) in [4.78, 5) is 16.0. The van der Waals surface area contributed by atoms with Gasteiger partial charge in [-0.05, 0) is 74.2 Å². The molecule has 0 bridgehead atoms. The highest BCUT2D eigenvalue weighted by atomic mass is 16.5. The second-order valence-corrected chi connectivity index (χ2v) is 14.4. The first-order valence-electron chi connectivity index (χ1n) is 20.9. The molecule has 62 heavy (non-hydrogen) atoms. The maximum Gasteiger partial charge on any atom is 0.153 e. The Morgan fingerprint density at radius 3 is 1.35 bits per heavy atom. The third kappa shape index (κ3) is 9.59. The van der Waals surface area contributed by atoms with Crippen LogP contribution in [0.15, 0.2) is 115 Å². The number of aliphatic hydroxyl groups is 2. The van der Waals surface area contributed by atoms with Crippen LogP contribution in [0.5, 0.6) is 34.5 Å². The number of rotatable bonds is 11. The molecule has 0 radical (unpaired) electrons. The molecule has 2 aliphatic heterocycles. The van der Waals surface area contributed by atoms with Crippen molar-refractivity contribution in [3.8, 4) is 34.5 Å². The van der Waals surface area contributed by atoms with Crippen molar-refractivity contribution in [2.24, 2.45) is 0 Å². The lowest BCUT2D eigenvalue weighted by Gasteiger charge is -2.31. The number of ether oxygens (including phenoxy) is 2. The Morgan fingerprint density at radius 1 is 0.516 bits per heavy atom. The first kappa shape index (κ1) is 48.4. The molecule has 0 saturated heterocycles. The molecular weight excluding hydrogens is 777 g/mol. The summed E-state index contributed by atoms with van der Waals surface area (Å²) in [5, 5.41) is 40.0. The van der Waals surface area contributed by atoms with E-state index in [4.69, 9.17) is 9.47 Å². The Balaban J connectivity index is 0.000000255. The van der Waals surface area contributed by atoms with Crippen molar-refractivity contribution in [1.29, 1.82) is 0 Å². The van der Waals surface area contributed by atoms with Gasteiger partial charge in [0.2, 0.25) is 0 Å². The van der Waals surface area contributed by atoms with E-state index in [0.717, 1.165) is 87.8 Å². The highest BCUT2D eigenvalue weighted by Gasteiger charge is 2.33. The number of aromatic hydroxyl groups is 2. The van der Waals surface area contributed by atoms with E-state index in [1.54, 1.807) is 18.2 Å². The number of hydrogen-bond donors (Lipinski definition) is 4. The molecule has 0 aromatic heterocycles. The van der Waals surface area contributed by atoms with Crippen molar-refractivity contribution < 1.29 is 34.7 Å². The lowest BCUT2D eigenvalue weighted by Crippen LogP contribution is -2.22. The van der Waals surface area contributed by atoms with Gasteiger partial charge in [-0.2, -0.15) is 0 Å². The number of fused-ring (bicyclic) bond motifs is 4. The van der Waals surface area contributed by atoms with E-state index in [2.05, 4.69) is 73.9 Å². The monoisotopic (exact) mass is 840 g/mol. The molecule has 6 aromatic carbocycles. The third-order valence-corrected chi connectivity index (χ3v) is 11.3. The minimum atomic E-state index is -0.225. The summed E-state index contributed by atoms with van der Waals surface area (Å²) in [5.41, 5.74) is 9.90. The van der Waals surface area contributed by atoms with E-state index < -0.39 is 0 Å². The fraction of sp³-hybridized carbons (Fsp3) is 0.302. The molecule has 2 atom stereocenters. The van der Waals surface area contributed by atoms with Crippen LogP contribution in [0.3, 0.4) is 0 Å². The Labute approximate surface area is 368 Å². The van der Waals surface area contributed by atoms with E-state index >= 15 is 0 Å². The molecule has 9 heteroatoms. The van der Waals surface area contributed by atoms with Gasteiger partial charge < -0.3 is 39.7 Å². The number of carbonyl (C=O) groups is 1. The molecule has 0 saturated carbocycles. The van der Waals surface area contributed by atoms with Gasteiger partial charge in [-0.15, -0.1) is 0 Å². The summed E-state index contributed by atoms with van der Waals surface area (Å²) < 4.78 is 12.4. The predicted molar refractivity (Wildman–Crippen MR) is 253 cm³/mol. The average molecular weight is 841 g/mol. The number of carbonyl (C=O) groups excluding carboxylic acids is 1. The van der Waals surface area contributed by atoms with Gasteiger partial charge in [0.1, 0.15) is 34.5 Å². The molecule has 0 spiro atoms. The van der Waals surface area contributed by atoms with Gasteiger partial charge in [-0.3, -0.25) is 4.79 Å². The van der Waals surface area contributed by atoms with E-state index in [1.807, 2.05) is 68.4 Å². The zero-order chi connectivity index (χ0) is 42.9. The molecule has 0 fully saturated rings. The van der Waals surface area contributed by atoms with Crippen LogP contribution in [0.1, 0.15) is 123 Å². The van der Waals surface area contributed by atoms with Crippen molar-refractivity contribution in [3.05, 3.63) is 165 Å². The molecule has 9 nitrogen and oxygen atoms in total. The fourth-order valence-corrected chi connectivity index (χ4v) is 8.29. The molecule has 8 rings (SSSR count). The van der Waals surface area contributed by atoms with E-state index in [-0.39, 0.29) is 57.0 Å². The van der Waals surface area contributed by atoms with Gasteiger partial charge in [0.25, 0.3) is 0 Å². The van der Waals surface area contributed by atoms with Gasteiger partial charge in [0.15, 0.2) is 6.29 Å². The Kier molecular flexibility index (Phi) is 17.2. The number of anilines is 2. The lowest BCUT2D eigenvalue weighted by atomic mass is 9.80. The van der Waals surface area contributed by atoms with Crippen LogP contribution in [-0.4, -0.2) is 52.9 Å². The van der Waals surface area contributed by atoms with Crippen LogP contribution >= 0.6 is 0 Å². The van der Waals surface area contributed by atoms with Gasteiger partial charge in [0.05, 0.1) is 18.8 Å². The van der Waals surface area contributed by atoms with Crippen LogP contribution in [0.2, 0.25) is 0 Å². The quantitative estimate of drug-likeness (QED) is 0.0943. The number of nitrogens with zero attached hydrogens (tertiary/aromatic N) is 2.